The summed E-state index contributed by atoms with van der Waals surface area (Å²) >= 11 is 0. The number of aliphatic imine (C=N–C) groups is 1. The number of nitrogens with zero attached hydrogens (tertiary/aromatic N) is 2. The first kappa shape index (κ1) is 17.1. The minimum atomic E-state index is 0. The topological polar surface area (TPSA) is 41.4 Å². The summed E-state index contributed by atoms with van der Waals surface area (Å²) in [6, 6.07) is 11.3. The van der Waals surface area contributed by atoms with Gasteiger partial charge in [-0.25, -0.2) is 0 Å². The molecule has 0 aliphatic heterocycles. The van der Waals surface area contributed by atoms with Crippen molar-refractivity contribution in [2.75, 3.05) is 13.6 Å². The number of hydrogen-bond acceptors (Lipinski definition) is 1. The lowest BCUT2D eigenvalue weighted by Gasteiger charge is -2.12. The average Bonchev–Trinajstić information content (AvgIpc) is 3.05. The van der Waals surface area contributed by atoms with Gasteiger partial charge < -0.3 is 15.2 Å². The fourth-order valence-electron chi connectivity index (χ4n) is 2.69. The van der Waals surface area contributed by atoms with E-state index >= 15 is 0 Å². The molecule has 0 amide bonds. The van der Waals surface area contributed by atoms with Crippen LogP contribution in [0.15, 0.2) is 41.5 Å². The molecule has 4 nitrogen and oxygen atoms in total. The molecule has 120 valence electrons. The maximum absolute atomic E-state index is 4.27. The number of fused-ring (bicyclic) bond motifs is 1. The first-order valence-electron chi connectivity index (χ1n) is 7.79. The van der Waals surface area contributed by atoms with Crippen LogP contribution in [-0.2, 0) is 6.54 Å². The normalized spacial score (nSPS) is 20.5. The molecule has 1 fully saturated rings. The third-order valence-corrected chi connectivity index (χ3v) is 4.20. The van der Waals surface area contributed by atoms with E-state index in [1.54, 1.807) is 0 Å². The molecule has 3 rings (SSSR count). The molecule has 1 aliphatic carbocycles. The second kappa shape index (κ2) is 7.85. The van der Waals surface area contributed by atoms with Crippen molar-refractivity contribution in [2.24, 2.45) is 10.9 Å². The second-order valence-electron chi connectivity index (χ2n) is 5.88. The Hall–Kier alpha value is -1.24. The highest BCUT2D eigenvalue weighted by atomic mass is 127. The Labute approximate surface area is 149 Å². The van der Waals surface area contributed by atoms with Crippen molar-refractivity contribution in [1.82, 2.24) is 15.2 Å². The Balaban J connectivity index is 0.00000176. The van der Waals surface area contributed by atoms with Crippen molar-refractivity contribution in [3.8, 4) is 0 Å². The number of aryl methyl sites for hydroxylation is 1. The third-order valence-electron chi connectivity index (χ3n) is 4.20. The van der Waals surface area contributed by atoms with E-state index in [4.69, 9.17) is 0 Å². The van der Waals surface area contributed by atoms with Gasteiger partial charge in [0.05, 0.1) is 0 Å². The van der Waals surface area contributed by atoms with E-state index in [1.807, 2.05) is 7.05 Å². The quantitative estimate of drug-likeness (QED) is 0.343. The number of guanidine groups is 1. The summed E-state index contributed by atoms with van der Waals surface area (Å²) in [5.41, 5.74) is 1.31. The van der Waals surface area contributed by atoms with Crippen molar-refractivity contribution < 1.29 is 0 Å². The standard InChI is InChI=1S/C17H24N4.HI/c1-13-12-15(13)20-17(18-2)19-9-5-10-21-11-8-14-6-3-4-7-16(14)21;/h3-4,6-8,11,13,15H,5,9-10,12H2,1-2H3,(H2,18,19,20);1H. The molecule has 5 heteroatoms. The van der Waals surface area contributed by atoms with Gasteiger partial charge in [0.2, 0.25) is 0 Å². The molecular formula is C17H25IN4. The van der Waals surface area contributed by atoms with Crippen LogP contribution in [0.1, 0.15) is 19.8 Å². The zero-order chi connectivity index (χ0) is 14.7. The van der Waals surface area contributed by atoms with E-state index in [-0.39, 0.29) is 24.0 Å². The Kier molecular flexibility index (Phi) is 6.11. The minimum Gasteiger partial charge on any atom is -0.356 e. The van der Waals surface area contributed by atoms with Gasteiger partial charge in [0, 0.05) is 37.9 Å². The molecule has 0 radical (unpaired) electrons. The number of halogens is 1. The van der Waals surface area contributed by atoms with Gasteiger partial charge in [0.1, 0.15) is 0 Å². The molecule has 2 N–H and O–H groups in total. The second-order valence-corrected chi connectivity index (χ2v) is 5.88. The first-order chi connectivity index (χ1) is 10.3. The lowest BCUT2D eigenvalue weighted by atomic mass is 10.2. The average molecular weight is 412 g/mol. The van der Waals surface area contributed by atoms with Crippen LogP contribution < -0.4 is 10.6 Å². The van der Waals surface area contributed by atoms with Gasteiger partial charge >= 0.3 is 0 Å². The Morgan fingerprint density at radius 1 is 1.32 bits per heavy atom. The summed E-state index contributed by atoms with van der Waals surface area (Å²) in [6.45, 7) is 4.23. The van der Waals surface area contributed by atoms with E-state index in [2.05, 4.69) is 63.6 Å². The summed E-state index contributed by atoms with van der Waals surface area (Å²) in [4.78, 5) is 4.27. The first-order valence-corrected chi connectivity index (χ1v) is 7.79. The maximum Gasteiger partial charge on any atom is 0.191 e. The van der Waals surface area contributed by atoms with Crippen molar-refractivity contribution in [3.05, 3.63) is 36.5 Å². The molecule has 2 atom stereocenters. The molecule has 0 saturated heterocycles. The third kappa shape index (κ3) is 4.15. The van der Waals surface area contributed by atoms with Crippen LogP contribution in [0.2, 0.25) is 0 Å². The zero-order valence-corrected chi connectivity index (χ0v) is 15.6. The predicted molar refractivity (Wildman–Crippen MR) is 104 cm³/mol. The van der Waals surface area contributed by atoms with Crippen LogP contribution >= 0.6 is 24.0 Å². The molecule has 1 heterocycles. The lowest BCUT2D eigenvalue weighted by Crippen LogP contribution is -2.39. The van der Waals surface area contributed by atoms with Crippen molar-refractivity contribution in [3.63, 3.8) is 0 Å². The van der Waals surface area contributed by atoms with E-state index in [1.165, 1.54) is 17.3 Å². The molecule has 0 bridgehead atoms. The molecule has 1 saturated carbocycles. The zero-order valence-electron chi connectivity index (χ0n) is 13.2. The predicted octanol–water partition coefficient (Wildman–Crippen LogP) is 3.22. The number of rotatable bonds is 5. The number of para-hydroxylation sites is 1. The van der Waals surface area contributed by atoms with Crippen LogP contribution in [0.25, 0.3) is 10.9 Å². The Bertz CT molecular complexity index is 634. The number of aromatic nitrogens is 1. The van der Waals surface area contributed by atoms with E-state index < -0.39 is 0 Å². The summed E-state index contributed by atoms with van der Waals surface area (Å²) in [5.74, 6) is 1.72. The number of hydrogen-bond donors (Lipinski definition) is 2. The highest BCUT2D eigenvalue weighted by Gasteiger charge is 2.33. The van der Waals surface area contributed by atoms with Crippen LogP contribution in [0, 0.1) is 5.92 Å². The Morgan fingerprint density at radius 2 is 2.09 bits per heavy atom. The highest BCUT2D eigenvalue weighted by molar-refractivity contribution is 14.0. The van der Waals surface area contributed by atoms with Crippen molar-refractivity contribution >= 4 is 40.8 Å². The molecule has 1 aromatic heterocycles. The van der Waals surface area contributed by atoms with E-state index in [0.717, 1.165) is 31.4 Å². The summed E-state index contributed by atoms with van der Waals surface area (Å²) in [7, 11) is 1.84. The van der Waals surface area contributed by atoms with Crippen LogP contribution in [0.3, 0.4) is 0 Å². The molecule has 0 spiro atoms. The fourth-order valence-corrected chi connectivity index (χ4v) is 2.69. The summed E-state index contributed by atoms with van der Waals surface area (Å²) in [5, 5.41) is 8.15. The maximum atomic E-state index is 4.27. The summed E-state index contributed by atoms with van der Waals surface area (Å²) < 4.78 is 2.32. The molecular weight excluding hydrogens is 387 g/mol. The van der Waals surface area contributed by atoms with E-state index in [9.17, 15) is 0 Å². The lowest BCUT2D eigenvalue weighted by molar-refractivity contribution is 0.638. The van der Waals surface area contributed by atoms with Gasteiger partial charge in [-0.1, -0.05) is 25.1 Å². The van der Waals surface area contributed by atoms with Crippen molar-refractivity contribution in [2.45, 2.75) is 32.4 Å². The van der Waals surface area contributed by atoms with Gasteiger partial charge in [-0.3, -0.25) is 4.99 Å². The van der Waals surface area contributed by atoms with Crippen molar-refractivity contribution in [1.29, 1.82) is 0 Å². The largest absolute Gasteiger partial charge is 0.356 e. The van der Waals surface area contributed by atoms with Crippen LogP contribution in [0.5, 0.6) is 0 Å². The van der Waals surface area contributed by atoms with E-state index in [0.29, 0.717) is 6.04 Å². The van der Waals surface area contributed by atoms with Crippen LogP contribution in [-0.4, -0.2) is 30.2 Å². The SMILES string of the molecule is CN=C(NCCCn1ccc2ccccc21)NC1CC1C.I. The van der Waals surface area contributed by atoms with Gasteiger partial charge in [-0.15, -0.1) is 24.0 Å². The monoisotopic (exact) mass is 412 g/mol. The number of benzene rings is 1. The smallest absolute Gasteiger partial charge is 0.191 e. The molecule has 22 heavy (non-hydrogen) atoms. The number of nitrogens with one attached hydrogen (secondary N) is 2. The fraction of sp³-hybridized carbons (Fsp3) is 0.471. The van der Waals surface area contributed by atoms with Crippen LogP contribution in [0.4, 0.5) is 0 Å². The minimum absolute atomic E-state index is 0. The molecule has 2 aromatic rings. The highest BCUT2D eigenvalue weighted by Crippen LogP contribution is 2.28. The van der Waals surface area contributed by atoms with Gasteiger partial charge in [-0.2, -0.15) is 0 Å². The van der Waals surface area contributed by atoms with Gasteiger partial charge in [0.15, 0.2) is 5.96 Å². The summed E-state index contributed by atoms with van der Waals surface area (Å²) in [6.07, 6.45) is 4.51. The van der Waals surface area contributed by atoms with Gasteiger partial charge in [0.25, 0.3) is 0 Å². The van der Waals surface area contributed by atoms with Gasteiger partial charge in [-0.05, 0) is 36.3 Å². The molecule has 2 unspecified atom stereocenters. The molecule has 1 aliphatic rings. The Morgan fingerprint density at radius 3 is 2.82 bits per heavy atom. The molecule has 1 aromatic carbocycles.